The fraction of sp³-hybridized carbons (Fsp3) is 0.0909. The van der Waals surface area contributed by atoms with Gasteiger partial charge in [0.1, 0.15) is 0 Å². The van der Waals surface area contributed by atoms with E-state index in [2.05, 4.69) is 0 Å². The first-order valence-electron chi connectivity index (χ1n) is 7.79. The predicted octanol–water partition coefficient (Wildman–Crippen LogP) is 5.37. The molecule has 0 saturated heterocycles. The molecule has 2 heteroatoms. The van der Waals surface area contributed by atoms with Crippen LogP contribution in [0.4, 0.5) is 0 Å². The van der Waals surface area contributed by atoms with Crippen molar-refractivity contribution in [3.8, 4) is 0 Å². The van der Waals surface area contributed by atoms with Gasteiger partial charge in [0.15, 0.2) is 11.6 Å². The van der Waals surface area contributed by atoms with Gasteiger partial charge in [-0.05, 0) is 25.0 Å². The zero-order valence-corrected chi connectivity index (χ0v) is 13.9. The molecule has 2 aromatic carbocycles. The Balaban J connectivity index is 1.89. The fourth-order valence-electron chi connectivity index (χ4n) is 2.12. The Kier molecular flexibility index (Phi) is 6.21. The number of allylic oxidation sites excluding steroid dienone is 4. The van der Waals surface area contributed by atoms with Gasteiger partial charge in [0.25, 0.3) is 0 Å². The smallest absolute Gasteiger partial charge is 0.159 e. The molecule has 0 aliphatic carbocycles. The second-order valence-electron chi connectivity index (χ2n) is 5.46. The van der Waals surface area contributed by atoms with Crippen molar-refractivity contribution in [2.24, 2.45) is 0 Å². The first-order chi connectivity index (χ1) is 11.6. The van der Waals surface area contributed by atoms with E-state index in [4.69, 9.17) is 0 Å². The van der Waals surface area contributed by atoms with Gasteiger partial charge in [-0.3, -0.25) is 9.59 Å². The average Bonchev–Trinajstić information content (AvgIpc) is 2.58. The van der Waals surface area contributed by atoms with Crippen LogP contribution in [0, 0.1) is 0 Å². The molecular weight excluding hydrogens is 296 g/mol. The van der Waals surface area contributed by atoms with Crippen LogP contribution in [0.1, 0.15) is 45.7 Å². The van der Waals surface area contributed by atoms with Gasteiger partial charge in [0.05, 0.1) is 0 Å². The molecule has 0 aromatic heterocycles. The molecule has 0 heterocycles. The molecule has 2 nitrogen and oxygen atoms in total. The Labute approximate surface area is 142 Å². The number of ketones is 2. The normalized spacial score (nSPS) is 11.6. The number of hydrogen-bond acceptors (Lipinski definition) is 2. The number of carbonyl (C=O) groups is 2. The van der Waals surface area contributed by atoms with E-state index >= 15 is 0 Å². The monoisotopic (exact) mass is 316 g/mol. The highest BCUT2D eigenvalue weighted by atomic mass is 16.1. The summed E-state index contributed by atoms with van der Waals surface area (Å²) in [5, 5.41) is 0. The molecule has 0 N–H and O–H groups in total. The number of Topliss-reactive ketones (excluding diaryl/α,β-unsaturated/α-hetero) is 2. The number of hydrogen-bond donors (Lipinski definition) is 0. The molecule has 0 atom stereocenters. The molecule has 0 aliphatic rings. The first kappa shape index (κ1) is 17.4. The molecule has 24 heavy (non-hydrogen) atoms. The van der Waals surface area contributed by atoms with Gasteiger partial charge in [-0.2, -0.15) is 0 Å². The number of carbonyl (C=O) groups excluding carboxylic acids is 2. The van der Waals surface area contributed by atoms with E-state index in [9.17, 15) is 9.59 Å². The van der Waals surface area contributed by atoms with E-state index in [0.29, 0.717) is 0 Å². The highest BCUT2D eigenvalue weighted by Gasteiger charge is 1.97. The lowest BCUT2D eigenvalue weighted by Gasteiger charge is -1.96. The molecule has 120 valence electrons. The average molecular weight is 316 g/mol. The first-order valence-corrected chi connectivity index (χ1v) is 7.79. The minimum absolute atomic E-state index is 0.0758. The lowest BCUT2D eigenvalue weighted by molar-refractivity contribution is 0.100. The van der Waals surface area contributed by atoms with E-state index in [1.54, 1.807) is 13.8 Å². The summed E-state index contributed by atoms with van der Waals surface area (Å²) in [7, 11) is 0. The van der Waals surface area contributed by atoms with Gasteiger partial charge in [0.2, 0.25) is 0 Å². The van der Waals surface area contributed by atoms with E-state index in [-0.39, 0.29) is 11.6 Å². The summed E-state index contributed by atoms with van der Waals surface area (Å²) in [5.41, 5.74) is 3.55. The molecule has 0 unspecified atom stereocenters. The second kappa shape index (κ2) is 8.59. The van der Waals surface area contributed by atoms with Crippen molar-refractivity contribution in [2.45, 2.75) is 13.8 Å². The van der Waals surface area contributed by atoms with Crippen molar-refractivity contribution in [1.29, 1.82) is 0 Å². The van der Waals surface area contributed by atoms with Crippen LogP contribution in [0.25, 0.3) is 12.2 Å². The van der Waals surface area contributed by atoms with Crippen LogP contribution in [-0.2, 0) is 0 Å². The molecule has 0 bridgehead atoms. The van der Waals surface area contributed by atoms with E-state index in [0.717, 1.165) is 22.3 Å². The van der Waals surface area contributed by atoms with Crippen LogP contribution in [-0.4, -0.2) is 11.6 Å². The molecule has 2 aromatic rings. The van der Waals surface area contributed by atoms with Crippen LogP contribution >= 0.6 is 0 Å². The van der Waals surface area contributed by atoms with Crippen molar-refractivity contribution in [1.82, 2.24) is 0 Å². The van der Waals surface area contributed by atoms with Gasteiger partial charge < -0.3 is 0 Å². The van der Waals surface area contributed by atoms with Crippen molar-refractivity contribution in [2.75, 3.05) is 0 Å². The predicted molar refractivity (Wildman–Crippen MR) is 100 cm³/mol. The number of benzene rings is 2. The van der Waals surface area contributed by atoms with Crippen molar-refractivity contribution < 1.29 is 9.59 Å². The largest absolute Gasteiger partial charge is 0.295 e. The third kappa shape index (κ3) is 5.33. The van der Waals surface area contributed by atoms with Crippen LogP contribution in [0.3, 0.4) is 0 Å². The third-order valence-corrected chi connectivity index (χ3v) is 3.55. The second-order valence-corrected chi connectivity index (χ2v) is 5.46. The lowest BCUT2D eigenvalue weighted by Crippen LogP contribution is -1.90. The van der Waals surface area contributed by atoms with Crippen molar-refractivity contribution in [3.05, 3.63) is 95.1 Å². The topological polar surface area (TPSA) is 34.1 Å². The maximum atomic E-state index is 11.2. The third-order valence-electron chi connectivity index (χ3n) is 3.55. The van der Waals surface area contributed by atoms with Gasteiger partial charge >= 0.3 is 0 Å². The van der Waals surface area contributed by atoms with Gasteiger partial charge in [-0.25, -0.2) is 0 Å². The maximum Gasteiger partial charge on any atom is 0.159 e. The number of rotatable bonds is 6. The van der Waals surface area contributed by atoms with Crippen molar-refractivity contribution in [3.63, 3.8) is 0 Å². The summed E-state index contributed by atoms with van der Waals surface area (Å²) in [6, 6.07) is 15.0. The summed E-state index contributed by atoms with van der Waals surface area (Å²) >= 11 is 0. The molecule has 0 saturated carbocycles. The highest BCUT2D eigenvalue weighted by molar-refractivity contribution is 5.94. The molecule has 0 fully saturated rings. The minimum atomic E-state index is 0.0758. The standard InChI is InChI=1S/C22H20O2/c1-17(23)21-13-9-19(10-14-21)7-5-3-4-6-8-20-11-15-22(16-12-20)18(2)24/h3-16H,1-2H3. The molecule has 0 amide bonds. The molecular formula is C22H20O2. The Morgan fingerprint density at radius 3 is 1.21 bits per heavy atom. The van der Waals surface area contributed by atoms with Gasteiger partial charge in [-0.15, -0.1) is 0 Å². The minimum Gasteiger partial charge on any atom is -0.295 e. The summed E-state index contributed by atoms with van der Waals surface area (Å²) in [6.45, 7) is 3.13. The maximum absolute atomic E-state index is 11.2. The zero-order valence-electron chi connectivity index (χ0n) is 13.9. The van der Waals surface area contributed by atoms with Crippen LogP contribution in [0.5, 0.6) is 0 Å². The van der Waals surface area contributed by atoms with E-state index in [1.807, 2.05) is 85.0 Å². The van der Waals surface area contributed by atoms with E-state index < -0.39 is 0 Å². The van der Waals surface area contributed by atoms with Crippen molar-refractivity contribution >= 4 is 23.7 Å². The summed E-state index contributed by atoms with van der Waals surface area (Å²) in [6.07, 6.45) is 11.8. The fourth-order valence-corrected chi connectivity index (χ4v) is 2.12. The molecule has 0 radical (unpaired) electrons. The summed E-state index contributed by atoms with van der Waals surface area (Å²) in [4.78, 5) is 22.4. The van der Waals surface area contributed by atoms with Gasteiger partial charge in [0, 0.05) is 11.1 Å². The molecule has 0 aliphatic heterocycles. The van der Waals surface area contributed by atoms with Crippen LogP contribution < -0.4 is 0 Å². The summed E-state index contributed by atoms with van der Waals surface area (Å²) < 4.78 is 0. The quantitative estimate of drug-likeness (QED) is 0.530. The zero-order chi connectivity index (χ0) is 17.4. The van der Waals surface area contributed by atoms with Crippen LogP contribution in [0.15, 0.2) is 72.8 Å². The van der Waals surface area contributed by atoms with Gasteiger partial charge in [-0.1, -0.05) is 85.0 Å². The molecule has 0 spiro atoms. The SMILES string of the molecule is CC(=O)c1ccc(C=CC=CC=Cc2ccc(C(C)=O)cc2)cc1. The highest BCUT2D eigenvalue weighted by Crippen LogP contribution is 2.08. The lowest BCUT2D eigenvalue weighted by atomic mass is 10.1. The Morgan fingerprint density at radius 1 is 0.583 bits per heavy atom. The Bertz CT molecular complexity index is 719. The Morgan fingerprint density at radius 2 is 0.917 bits per heavy atom. The Hall–Kier alpha value is -3.00. The van der Waals surface area contributed by atoms with E-state index in [1.165, 1.54) is 0 Å². The molecule has 2 rings (SSSR count). The summed E-state index contributed by atoms with van der Waals surface area (Å²) in [5.74, 6) is 0.152. The van der Waals surface area contributed by atoms with Crippen LogP contribution in [0.2, 0.25) is 0 Å².